The maximum Gasteiger partial charge on any atom is 0.0469 e. The molecule has 0 radical (unpaired) electrons. The fraction of sp³-hybridized carbons (Fsp3) is 0.300. The van der Waals surface area contributed by atoms with Crippen LogP contribution >= 0.6 is 12.4 Å². The molecular formula is C20H22ClNO. The summed E-state index contributed by atoms with van der Waals surface area (Å²) in [6.07, 6.45) is 2.11. The topological polar surface area (TPSA) is 35.2 Å². The zero-order chi connectivity index (χ0) is 14.9. The molecule has 3 aromatic rings. The third-order valence-corrected chi connectivity index (χ3v) is 4.92. The van der Waals surface area contributed by atoms with E-state index < -0.39 is 0 Å². The standard InChI is InChI=1S/C20H21NO.ClH/c21-20(14-9-11-22-12-10-14)19-17-7-3-1-5-15(17)13-16-6-2-4-8-18(16)19;/h1-8,13-14,20H,9-12,21H2;1H/t20-;/m1./s1. The number of nitrogens with two attached hydrogens (primary N) is 1. The third kappa shape index (κ3) is 2.94. The van der Waals surface area contributed by atoms with Gasteiger partial charge in [-0.25, -0.2) is 0 Å². The summed E-state index contributed by atoms with van der Waals surface area (Å²) in [6, 6.07) is 19.5. The molecule has 1 heterocycles. The third-order valence-electron chi connectivity index (χ3n) is 4.92. The summed E-state index contributed by atoms with van der Waals surface area (Å²) in [5.41, 5.74) is 8.05. The van der Waals surface area contributed by atoms with Gasteiger partial charge in [0.05, 0.1) is 0 Å². The molecule has 1 atom stereocenters. The van der Waals surface area contributed by atoms with E-state index >= 15 is 0 Å². The SMILES string of the molecule is Cl.N[C@@H](c1c2ccccc2cc2ccccc12)C1CCOCC1. The fourth-order valence-electron chi connectivity index (χ4n) is 3.72. The summed E-state index contributed by atoms with van der Waals surface area (Å²) in [7, 11) is 0. The second kappa shape index (κ2) is 6.88. The van der Waals surface area contributed by atoms with Crippen LogP contribution < -0.4 is 5.73 Å². The minimum absolute atomic E-state index is 0. The number of hydrogen-bond acceptors (Lipinski definition) is 2. The van der Waals surface area contributed by atoms with E-state index in [1.165, 1.54) is 27.1 Å². The minimum Gasteiger partial charge on any atom is -0.381 e. The Balaban J connectivity index is 0.00000156. The molecule has 1 fully saturated rings. The Labute approximate surface area is 143 Å². The van der Waals surface area contributed by atoms with Gasteiger partial charge in [0.25, 0.3) is 0 Å². The molecule has 1 saturated heterocycles. The van der Waals surface area contributed by atoms with Crippen LogP contribution in [-0.2, 0) is 4.74 Å². The smallest absolute Gasteiger partial charge is 0.0469 e. The molecule has 3 aromatic carbocycles. The zero-order valence-electron chi connectivity index (χ0n) is 13.1. The van der Waals surface area contributed by atoms with Gasteiger partial charge >= 0.3 is 0 Å². The van der Waals surface area contributed by atoms with Crippen molar-refractivity contribution in [2.75, 3.05) is 13.2 Å². The van der Waals surface area contributed by atoms with E-state index in [9.17, 15) is 0 Å². The van der Waals surface area contributed by atoms with Gasteiger partial charge in [0.15, 0.2) is 0 Å². The molecule has 0 amide bonds. The van der Waals surface area contributed by atoms with Crippen molar-refractivity contribution in [3.05, 3.63) is 60.2 Å². The highest BCUT2D eigenvalue weighted by atomic mass is 35.5. The lowest BCUT2D eigenvalue weighted by Crippen LogP contribution is -2.27. The summed E-state index contributed by atoms with van der Waals surface area (Å²) in [6.45, 7) is 1.67. The van der Waals surface area contributed by atoms with Crippen molar-refractivity contribution in [1.29, 1.82) is 0 Å². The molecule has 0 unspecified atom stereocenters. The van der Waals surface area contributed by atoms with Gasteiger partial charge in [0.1, 0.15) is 0 Å². The average molecular weight is 328 g/mol. The van der Waals surface area contributed by atoms with Gasteiger partial charge in [-0.1, -0.05) is 48.5 Å². The average Bonchev–Trinajstić information content (AvgIpc) is 2.60. The quantitative estimate of drug-likeness (QED) is 0.683. The first-order valence-corrected chi connectivity index (χ1v) is 8.08. The Morgan fingerprint density at radius 1 is 0.870 bits per heavy atom. The maximum atomic E-state index is 6.75. The van der Waals surface area contributed by atoms with Crippen LogP contribution in [0, 0.1) is 5.92 Å². The molecule has 4 rings (SSSR count). The summed E-state index contributed by atoms with van der Waals surface area (Å²) in [5, 5.41) is 5.14. The summed E-state index contributed by atoms with van der Waals surface area (Å²) in [4.78, 5) is 0. The molecule has 0 saturated carbocycles. The van der Waals surface area contributed by atoms with E-state index in [0.717, 1.165) is 26.1 Å². The zero-order valence-corrected chi connectivity index (χ0v) is 13.9. The molecule has 1 aliphatic rings. The van der Waals surface area contributed by atoms with E-state index in [1.807, 2.05) is 0 Å². The maximum absolute atomic E-state index is 6.75. The van der Waals surface area contributed by atoms with Crippen LogP contribution in [0.15, 0.2) is 54.6 Å². The molecular weight excluding hydrogens is 306 g/mol. The normalized spacial score (nSPS) is 17.1. The summed E-state index contributed by atoms with van der Waals surface area (Å²) in [5.74, 6) is 0.503. The van der Waals surface area contributed by atoms with Crippen LogP contribution in [0.3, 0.4) is 0 Å². The van der Waals surface area contributed by atoms with Gasteiger partial charge in [0.2, 0.25) is 0 Å². The van der Waals surface area contributed by atoms with Crippen molar-refractivity contribution in [3.63, 3.8) is 0 Å². The lowest BCUT2D eigenvalue weighted by Gasteiger charge is -2.29. The Bertz CT molecular complexity index is 757. The number of halogens is 1. The number of fused-ring (bicyclic) bond motifs is 2. The minimum atomic E-state index is 0. The van der Waals surface area contributed by atoms with Crippen molar-refractivity contribution in [3.8, 4) is 0 Å². The first-order valence-electron chi connectivity index (χ1n) is 8.08. The molecule has 3 heteroatoms. The van der Waals surface area contributed by atoms with E-state index in [2.05, 4.69) is 54.6 Å². The highest BCUT2D eigenvalue weighted by Crippen LogP contribution is 2.37. The molecule has 23 heavy (non-hydrogen) atoms. The van der Waals surface area contributed by atoms with E-state index in [1.54, 1.807) is 0 Å². The molecule has 2 nitrogen and oxygen atoms in total. The van der Waals surface area contributed by atoms with Crippen LogP contribution in [0.5, 0.6) is 0 Å². The first kappa shape index (κ1) is 16.3. The van der Waals surface area contributed by atoms with Crippen LogP contribution in [0.25, 0.3) is 21.5 Å². The van der Waals surface area contributed by atoms with Crippen molar-refractivity contribution >= 4 is 34.0 Å². The molecule has 120 valence electrons. The van der Waals surface area contributed by atoms with Crippen LogP contribution in [0.1, 0.15) is 24.4 Å². The van der Waals surface area contributed by atoms with Crippen LogP contribution in [0.2, 0.25) is 0 Å². The Morgan fingerprint density at radius 2 is 1.39 bits per heavy atom. The van der Waals surface area contributed by atoms with Crippen molar-refractivity contribution in [2.45, 2.75) is 18.9 Å². The highest BCUT2D eigenvalue weighted by molar-refractivity contribution is 6.02. The largest absolute Gasteiger partial charge is 0.381 e. The van der Waals surface area contributed by atoms with E-state index in [0.29, 0.717) is 5.92 Å². The Morgan fingerprint density at radius 3 is 1.96 bits per heavy atom. The number of ether oxygens (including phenoxy) is 1. The Hall–Kier alpha value is -1.61. The summed E-state index contributed by atoms with van der Waals surface area (Å²) < 4.78 is 5.51. The van der Waals surface area contributed by atoms with Gasteiger partial charge in [-0.05, 0) is 51.9 Å². The Kier molecular flexibility index (Phi) is 4.86. The molecule has 1 aliphatic heterocycles. The predicted molar refractivity (Wildman–Crippen MR) is 99.2 cm³/mol. The lowest BCUT2D eigenvalue weighted by atomic mass is 9.83. The fourth-order valence-corrected chi connectivity index (χ4v) is 3.72. The van der Waals surface area contributed by atoms with Gasteiger partial charge in [-0.2, -0.15) is 0 Å². The van der Waals surface area contributed by atoms with Gasteiger partial charge in [0, 0.05) is 19.3 Å². The van der Waals surface area contributed by atoms with Crippen LogP contribution in [0.4, 0.5) is 0 Å². The second-order valence-corrected chi connectivity index (χ2v) is 6.21. The first-order chi connectivity index (χ1) is 10.8. The monoisotopic (exact) mass is 327 g/mol. The molecule has 2 N–H and O–H groups in total. The van der Waals surface area contributed by atoms with E-state index in [4.69, 9.17) is 10.5 Å². The molecule has 0 spiro atoms. The van der Waals surface area contributed by atoms with E-state index in [-0.39, 0.29) is 18.4 Å². The van der Waals surface area contributed by atoms with Gasteiger partial charge in [-0.3, -0.25) is 0 Å². The van der Waals surface area contributed by atoms with Gasteiger partial charge < -0.3 is 10.5 Å². The number of rotatable bonds is 2. The van der Waals surface area contributed by atoms with Gasteiger partial charge in [-0.15, -0.1) is 12.4 Å². The number of hydrogen-bond donors (Lipinski definition) is 1. The van der Waals surface area contributed by atoms with Crippen molar-refractivity contribution in [1.82, 2.24) is 0 Å². The number of benzene rings is 3. The summed E-state index contributed by atoms with van der Waals surface area (Å²) >= 11 is 0. The second-order valence-electron chi connectivity index (χ2n) is 6.21. The lowest BCUT2D eigenvalue weighted by molar-refractivity contribution is 0.0586. The molecule has 0 bridgehead atoms. The predicted octanol–water partition coefficient (Wildman–Crippen LogP) is 4.84. The van der Waals surface area contributed by atoms with Crippen molar-refractivity contribution in [2.24, 2.45) is 11.7 Å². The molecule has 0 aliphatic carbocycles. The van der Waals surface area contributed by atoms with Crippen LogP contribution in [-0.4, -0.2) is 13.2 Å². The molecule has 0 aromatic heterocycles. The van der Waals surface area contributed by atoms with Crippen molar-refractivity contribution < 1.29 is 4.74 Å². The highest BCUT2D eigenvalue weighted by Gasteiger charge is 2.25.